The highest BCUT2D eigenvalue weighted by molar-refractivity contribution is 5.13. The molecule has 0 aliphatic rings. The minimum atomic E-state index is 0.183. The summed E-state index contributed by atoms with van der Waals surface area (Å²) in [6.45, 7) is 1.83. The Morgan fingerprint density at radius 3 is 2.75 bits per heavy atom. The number of aromatic nitrogens is 2. The van der Waals surface area contributed by atoms with E-state index in [0.717, 1.165) is 5.56 Å². The monoisotopic (exact) mass is 218 g/mol. The molecule has 16 heavy (non-hydrogen) atoms. The number of hydrogen-bond donors (Lipinski definition) is 1. The average Bonchev–Trinajstić information content (AvgIpc) is 2.72. The van der Waals surface area contributed by atoms with Crippen molar-refractivity contribution in [2.45, 2.75) is 13.2 Å². The van der Waals surface area contributed by atoms with Gasteiger partial charge in [-0.2, -0.15) is 5.10 Å². The Kier molecular flexibility index (Phi) is 3.56. The summed E-state index contributed by atoms with van der Waals surface area (Å²) in [5, 5.41) is 13.0. The molecule has 2 aromatic rings. The van der Waals surface area contributed by atoms with Crippen LogP contribution in [0.3, 0.4) is 0 Å². The summed E-state index contributed by atoms with van der Waals surface area (Å²) in [4.78, 5) is 0. The van der Waals surface area contributed by atoms with E-state index in [1.807, 2.05) is 30.3 Å². The lowest BCUT2D eigenvalue weighted by Crippen LogP contribution is -2.06. The van der Waals surface area contributed by atoms with Crippen LogP contribution < -0.4 is 0 Å². The topological polar surface area (TPSA) is 47.3 Å². The molecule has 4 nitrogen and oxygen atoms in total. The molecule has 0 radical (unpaired) electrons. The van der Waals surface area contributed by atoms with Gasteiger partial charge in [0, 0.05) is 0 Å². The Labute approximate surface area is 94.1 Å². The first kappa shape index (κ1) is 10.7. The molecule has 0 aliphatic carbocycles. The van der Waals surface area contributed by atoms with Gasteiger partial charge < -0.3 is 9.84 Å². The fourth-order valence-electron chi connectivity index (χ4n) is 1.40. The van der Waals surface area contributed by atoms with Crippen molar-refractivity contribution in [1.82, 2.24) is 9.78 Å². The van der Waals surface area contributed by atoms with Crippen molar-refractivity contribution < 1.29 is 9.84 Å². The second-order valence-corrected chi connectivity index (χ2v) is 3.50. The maximum atomic E-state index is 9.06. The largest absolute Gasteiger partial charge is 0.505 e. The van der Waals surface area contributed by atoms with E-state index >= 15 is 0 Å². The predicted octanol–water partition coefficient (Wildman–Crippen LogP) is 1.81. The third-order valence-corrected chi connectivity index (χ3v) is 2.20. The van der Waals surface area contributed by atoms with Crippen LogP contribution in [0, 0.1) is 0 Å². The molecule has 1 aromatic heterocycles. The first-order valence-electron chi connectivity index (χ1n) is 5.18. The zero-order chi connectivity index (χ0) is 11.2. The van der Waals surface area contributed by atoms with E-state index in [0.29, 0.717) is 19.8 Å². The number of aromatic hydroxyl groups is 1. The molecule has 0 saturated heterocycles. The van der Waals surface area contributed by atoms with Gasteiger partial charge in [0.25, 0.3) is 0 Å². The molecule has 4 heteroatoms. The number of benzene rings is 1. The molecule has 0 aliphatic heterocycles. The van der Waals surface area contributed by atoms with Gasteiger partial charge in [0.2, 0.25) is 0 Å². The second-order valence-electron chi connectivity index (χ2n) is 3.50. The molecule has 0 unspecified atom stereocenters. The van der Waals surface area contributed by atoms with Crippen LogP contribution >= 0.6 is 0 Å². The van der Waals surface area contributed by atoms with E-state index in [2.05, 4.69) is 5.10 Å². The van der Waals surface area contributed by atoms with Gasteiger partial charge >= 0.3 is 0 Å². The summed E-state index contributed by atoms with van der Waals surface area (Å²) >= 11 is 0. The number of ether oxygens (including phenoxy) is 1. The molecule has 2 rings (SSSR count). The Bertz CT molecular complexity index is 426. The molecular weight excluding hydrogens is 204 g/mol. The second kappa shape index (κ2) is 5.32. The van der Waals surface area contributed by atoms with E-state index < -0.39 is 0 Å². The van der Waals surface area contributed by atoms with Crippen molar-refractivity contribution in [1.29, 1.82) is 0 Å². The van der Waals surface area contributed by atoms with Crippen LogP contribution in [0.15, 0.2) is 42.7 Å². The van der Waals surface area contributed by atoms with Crippen molar-refractivity contribution in [3.63, 3.8) is 0 Å². The van der Waals surface area contributed by atoms with Crippen LogP contribution in [-0.4, -0.2) is 21.5 Å². The maximum Gasteiger partial charge on any atom is 0.153 e. The summed E-state index contributed by atoms with van der Waals surface area (Å²) in [5.41, 5.74) is 1.16. The third-order valence-electron chi connectivity index (χ3n) is 2.20. The standard InChI is InChI=1S/C12H14N2O2/c15-12-8-13-14(9-12)6-7-16-10-11-4-2-1-3-5-11/h1-5,8-9,15H,6-7,10H2. The zero-order valence-electron chi connectivity index (χ0n) is 8.91. The Morgan fingerprint density at radius 1 is 1.25 bits per heavy atom. The number of hydrogen-bond acceptors (Lipinski definition) is 3. The third kappa shape index (κ3) is 3.10. The molecule has 1 heterocycles. The van der Waals surface area contributed by atoms with Crippen LogP contribution in [0.5, 0.6) is 5.75 Å². The van der Waals surface area contributed by atoms with Gasteiger partial charge in [-0.1, -0.05) is 30.3 Å². The molecule has 0 spiro atoms. The zero-order valence-corrected chi connectivity index (χ0v) is 8.91. The van der Waals surface area contributed by atoms with E-state index in [-0.39, 0.29) is 5.75 Å². The first-order chi connectivity index (χ1) is 7.84. The van der Waals surface area contributed by atoms with Gasteiger partial charge in [-0.25, -0.2) is 0 Å². The van der Waals surface area contributed by atoms with Gasteiger partial charge in [-0.15, -0.1) is 0 Å². The first-order valence-corrected chi connectivity index (χ1v) is 5.18. The van der Waals surface area contributed by atoms with Crippen molar-refractivity contribution >= 4 is 0 Å². The lowest BCUT2D eigenvalue weighted by atomic mass is 10.2. The lowest BCUT2D eigenvalue weighted by molar-refractivity contribution is 0.111. The van der Waals surface area contributed by atoms with Gasteiger partial charge in [-0.3, -0.25) is 4.68 Å². The normalized spacial score (nSPS) is 10.5. The summed E-state index contributed by atoms with van der Waals surface area (Å²) in [6.07, 6.45) is 2.99. The van der Waals surface area contributed by atoms with Crippen molar-refractivity contribution in [3.8, 4) is 5.75 Å². The summed E-state index contributed by atoms with van der Waals surface area (Å²) in [7, 11) is 0. The van der Waals surface area contributed by atoms with Crippen molar-refractivity contribution in [2.24, 2.45) is 0 Å². The minimum absolute atomic E-state index is 0.183. The molecular formula is C12H14N2O2. The van der Waals surface area contributed by atoms with Gasteiger partial charge in [0.1, 0.15) is 0 Å². The molecule has 1 aromatic carbocycles. The number of nitrogens with zero attached hydrogens (tertiary/aromatic N) is 2. The Morgan fingerprint density at radius 2 is 2.06 bits per heavy atom. The molecule has 0 amide bonds. The fraction of sp³-hybridized carbons (Fsp3) is 0.250. The van der Waals surface area contributed by atoms with Crippen LogP contribution in [0.4, 0.5) is 0 Å². The molecule has 0 fully saturated rings. The van der Waals surface area contributed by atoms with Crippen LogP contribution in [0.1, 0.15) is 5.56 Å². The Hall–Kier alpha value is -1.81. The Balaban J connectivity index is 1.69. The van der Waals surface area contributed by atoms with E-state index in [9.17, 15) is 0 Å². The van der Waals surface area contributed by atoms with Crippen LogP contribution in [-0.2, 0) is 17.9 Å². The molecule has 0 saturated carbocycles. The maximum absolute atomic E-state index is 9.06. The minimum Gasteiger partial charge on any atom is -0.505 e. The highest BCUT2D eigenvalue weighted by atomic mass is 16.5. The number of rotatable bonds is 5. The quantitative estimate of drug-likeness (QED) is 0.778. The van der Waals surface area contributed by atoms with E-state index in [1.165, 1.54) is 6.20 Å². The summed E-state index contributed by atoms with van der Waals surface area (Å²) in [6, 6.07) is 10.0. The average molecular weight is 218 g/mol. The molecule has 0 atom stereocenters. The van der Waals surface area contributed by atoms with Gasteiger partial charge in [-0.05, 0) is 5.56 Å². The fourth-order valence-corrected chi connectivity index (χ4v) is 1.40. The van der Waals surface area contributed by atoms with Gasteiger partial charge in [0.15, 0.2) is 5.75 Å². The highest BCUT2D eigenvalue weighted by Crippen LogP contribution is 2.04. The van der Waals surface area contributed by atoms with Crippen molar-refractivity contribution in [3.05, 3.63) is 48.3 Å². The SMILES string of the molecule is Oc1cnn(CCOCc2ccccc2)c1. The molecule has 0 bridgehead atoms. The van der Waals surface area contributed by atoms with Crippen molar-refractivity contribution in [2.75, 3.05) is 6.61 Å². The predicted molar refractivity (Wildman–Crippen MR) is 60.0 cm³/mol. The lowest BCUT2D eigenvalue weighted by Gasteiger charge is -2.04. The van der Waals surface area contributed by atoms with Crippen LogP contribution in [0.2, 0.25) is 0 Å². The smallest absolute Gasteiger partial charge is 0.153 e. The van der Waals surface area contributed by atoms with E-state index in [4.69, 9.17) is 9.84 Å². The van der Waals surface area contributed by atoms with Crippen LogP contribution in [0.25, 0.3) is 0 Å². The molecule has 84 valence electrons. The molecule has 1 N–H and O–H groups in total. The summed E-state index contributed by atoms with van der Waals surface area (Å²) in [5.74, 6) is 0.183. The summed E-state index contributed by atoms with van der Waals surface area (Å²) < 4.78 is 7.14. The van der Waals surface area contributed by atoms with Gasteiger partial charge in [0.05, 0.1) is 32.2 Å². The highest BCUT2D eigenvalue weighted by Gasteiger charge is 1.96. The van der Waals surface area contributed by atoms with E-state index in [1.54, 1.807) is 10.9 Å².